The molecule has 0 fully saturated rings. The van der Waals surface area contributed by atoms with E-state index in [0.29, 0.717) is 6.04 Å². The van der Waals surface area contributed by atoms with E-state index in [9.17, 15) is 0 Å². The fourth-order valence-corrected chi connectivity index (χ4v) is 2.22. The zero-order valence-corrected chi connectivity index (χ0v) is 14.7. The van der Waals surface area contributed by atoms with E-state index in [4.69, 9.17) is 9.72 Å². The Morgan fingerprint density at radius 3 is 2.48 bits per heavy atom. The van der Waals surface area contributed by atoms with Crippen LogP contribution in [0.25, 0.3) is 0 Å². The molecular weight excluding hydrogens is 262 g/mol. The number of pyridine rings is 1. The lowest BCUT2D eigenvalue weighted by atomic mass is 10.1. The topological polar surface area (TPSA) is 37.4 Å². The maximum Gasteiger partial charge on any atom is 0.133 e. The summed E-state index contributed by atoms with van der Waals surface area (Å²) in [5, 5.41) is 3.49. The van der Waals surface area contributed by atoms with Crippen LogP contribution < -0.4 is 10.2 Å². The van der Waals surface area contributed by atoms with Crippen LogP contribution in [0.15, 0.2) is 6.07 Å². The van der Waals surface area contributed by atoms with Crippen molar-refractivity contribution >= 4 is 5.82 Å². The van der Waals surface area contributed by atoms with Gasteiger partial charge >= 0.3 is 0 Å². The molecule has 0 amide bonds. The van der Waals surface area contributed by atoms with Gasteiger partial charge in [-0.2, -0.15) is 0 Å². The van der Waals surface area contributed by atoms with Gasteiger partial charge in [0.15, 0.2) is 0 Å². The molecular formula is C17H31N3O. The number of hydrogen-bond acceptors (Lipinski definition) is 4. The standard InChI is InChI=1S/C17H31N3O/c1-12(2)18-11-16-14(5)10-15(6)19-17(16)20(7)8-9-21-13(3)4/h10,12-13,18H,8-9,11H2,1-7H3. The van der Waals surface area contributed by atoms with Crippen LogP contribution in [-0.2, 0) is 11.3 Å². The van der Waals surface area contributed by atoms with E-state index < -0.39 is 0 Å². The van der Waals surface area contributed by atoms with Crippen LogP contribution in [0.2, 0.25) is 0 Å². The van der Waals surface area contributed by atoms with Gasteiger partial charge in [0.2, 0.25) is 0 Å². The van der Waals surface area contributed by atoms with Crippen LogP contribution in [-0.4, -0.2) is 37.3 Å². The lowest BCUT2D eigenvalue weighted by molar-refractivity contribution is 0.0845. The predicted octanol–water partition coefficient (Wildman–Crippen LogP) is 3.06. The van der Waals surface area contributed by atoms with Gasteiger partial charge in [0.05, 0.1) is 12.7 Å². The van der Waals surface area contributed by atoms with Crippen LogP contribution >= 0.6 is 0 Å². The Labute approximate surface area is 129 Å². The highest BCUT2D eigenvalue weighted by Gasteiger charge is 2.13. The zero-order valence-electron chi connectivity index (χ0n) is 14.7. The monoisotopic (exact) mass is 293 g/mol. The van der Waals surface area contributed by atoms with Gasteiger partial charge in [-0.15, -0.1) is 0 Å². The molecule has 0 radical (unpaired) electrons. The van der Waals surface area contributed by atoms with Gasteiger partial charge in [0, 0.05) is 37.4 Å². The molecule has 120 valence electrons. The van der Waals surface area contributed by atoms with E-state index in [1.165, 1.54) is 11.1 Å². The van der Waals surface area contributed by atoms with Gasteiger partial charge < -0.3 is 15.0 Å². The first-order chi connectivity index (χ1) is 9.81. The van der Waals surface area contributed by atoms with E-state index in [1.54, 1.807) is 0 Å². The Morgan fingerprint density at radius 2 is 1.90 bits per heavy atom. The van der Waals surface area contributed by atoms with Gasteiger partial charge in [-0.3, -0.25) is 0 Å². The van der Waals surface area contributed by atoms with Crippen LogP contribution in [0, 0.1) is 13.8 Å². The number of ether oxygens (including phenoxy) is 1. The van der Waals surface area contributed by atoms with Crippen LogP contribution in [0.4, 0.5) is 5.82 Å². The molecule has 0 saturated heterocycles. The maximum atomic E-state index is 5.65. The number of likely N-dealkylation sites (N-methyl/N-ethyl adjacent to an activating group) is 1. The molecule has 4 heteroatoms. The van der Waals surface area contributed by atoms with Crippen molar-refractivity contribution in [3.63, 3.8) is 0 Å². The molecule has 0 bridgehead atoms. The van der Waals surface area contributed by atoms with Crippen molar-refractivity contribution in [2.24, 2.45) is 0 Å². The van der Waals surface area contributed by atoms with E-state index in [1.807, 2.05) is 0 Å². The second-order valence-corrected chi connectivity index (χ2v) is 6.26. The minimum absolute atomic E-state index is 0.271. The van der Waals surface area contributed by atoms with Crippen molar-refractivity contribution in [2.75, 3.05) is 25.1 Å². The molecule has 1 aromatic rings. The average Bonchev–Trinajstić information content (AvgIpc) is 2.35. The molecule has 0 aliphatic carbocycles. The first-order valence-electron chi connectivity index (χ1n) is 7.84. The molecule has 4 nitrogen and oxygen atoms in total. The van der Waals surface area contributed by atoms with E-state index in [0.717, 1.165) is 31.2 Å². The highest BCUT2D eigenvalue weighted by atomic mass is 16.5. The second kappa shape index (κ2) is 8.35. The highest BCUT2D eigenvalue weighted by Crippen LogP contribution is 2.21. The number of rotatable bonds is 8. The van der Waals surface area contributed by atoms with Crippen LogP contribution in [0.3, 0.4) is 0 Å². The molecule has 0 aliphatic rings. The molecule has 0 unspecified atom stereocenters. The molecule has 1 aromatic heterocycles. The third-order valence-electron chi connectivity index (χ3n) is 3.38. The summed E-state index contributed by atoms with van der Waals surface area (Å²) in [5.74, 6) is 1.06. The summed E-state index contributed by atoms with van der Waals surface area (Å²) in [5.41, 5.74) is 3.64. The molecule has 1 rings (SSSR count). The summed E-state index contributed by atoms with van der Waals surface area (Å²) < 4.78 is 5.65. The zero-order chi connectivity index (χ0) is 16.0. The third-order valence-corrected chi connectivity index (χ3v) is 3.38. The van der Waals surface area contributed by atoms with Crippen molar-refractivity contribution in [3.05, 3.63) is 22.9 Å². The lowest BCUT2D eigenvalue weighted by Gasteiger charge is -2.24. The number of hydrogen-bond donors (Lipinski definition) is 1. The van der Waals surface area contributed by atoms with Crippen LogP contribution in [0.1, 0.15) is 44.5 Å². The molecule has 0 spiro atoms. The number of anilines is 1. The lowest BCUT2D eigenvalue weighted by Crippen LogP contribution is -2.29. The first-order valence-corrected chi connectivity index (χ1v) is 7.84. The van der Waals surface area contributed by atoms with E-state index >= 15 is 0 Å². The SMILES string of the molecule is Cc1cc(C)c(CNC(C)C)c(N(C)CCOC(C)C)n1. The molecule has 0 saturated carbocycles. The van der Waals surface area contributed by atoms with Crippen molar-refractivity contribution in [1.29, 1.82) is 0 Å². The summed E-state index contributed by atoms with van der Waals surface area (Å²) in [6.45, 7) is 15.1. The smallest absolute Gasteiger partial charge is 0.133 e. The largest absolute Gasteiger partial charge is 0.377 e. The summed E-state index contributed by atoms with van der Waals surface area (Å²) in [7, 11) is 2.09. The van der Waals surface area contributed by atoms with Gasteiger partial charge in [-0.05, 0) is 39.3 Å². The summed E-state index contributed by atoms with van der Waals surface area (Å²) in [4.78, 5) is 6.93. The normalized spacial score (nSPS) is 11.5. The minimum atomic E-state index is 0.271. The Morgan fingerprint density at radius 1 is 1.24 bits per heavy atom. The van der Waals surface area contributed by atoms with Gasteiger partial charge in [0.25, 0.3) is 0 Å². The predicted molar refractivity (Wildman–Crippen MR) is 90.0 cm³/mol. The van der Waals surface area contributed by atoms with Crippen molar-refractivity contribution < 1.29 is 4.74 Å². The Balaban J connectivity index is 2.86. The Hall–Kier alpha value is -1.13. The van der Waals surface area contributed by atoms with Crippen molar-refractivity contribution in [2.45, 2.75) is 60.2 Å². The third kappa shape index (κ3) is 6.02. The number of aryl methyl sites for hydroxylation is 2. The molecule has 1 heterocycles. The number of nitrogens with one attached hydrogen (secondary N) is 1. The highest BCUT2D eigenvalue weighted by molar-refractivity contribution is 5.51. The summed E-state index contributed by atoms with van der Waals surface area (Å²) >= 11 is 0. The fourth-order valence-electron chi connectivity index (χ4n) is 2.22. The quantitative estimate of drug-likeness (QED) is 0.799. The van der Waals surface area contributed by atoms with Crippen LogP contribution in [0.5, 0.6) is 0 Å². The molecule has 0 aromatic carbocycles. The summed E-state index contributed by atoms with van der Waals surface area (Å²) in [6, 6.07) is 2.62. The average molecular weight is 293 g/mol. The molecule has 0 atom stereocenters. The fraction of sp³-hybridized carbons (Fsp3) is 0.706. The molecule has 21 heavy (non-hydrogen) atoms. The van der Waals surface area contributed by atoms with E-state index in [2.05, 4.69) is 64.9 Å². The maximum absolute atomic E-state index is 5.65. The van der Waals surface area contributed by atoms with Gasteiger partial charge in [-0.1, -0.05) is 13.8 Å². The number of aromatic nitrogens is 1. The second-order valence-electron chi connectivity index (χ2n) is 6.26. The van der Waals surface area contributed by atoms with E-state index in [-0.39, 0.29) is 6.10 Å². The van der Waals surface area contributed by atoms with Gasteiger partial charge in [0.1, 0.15) is 5.82 Å². The Bertz CT molecular complexity index is 444. The molecule has 0 aliphatic heterocycles. The van der Waals surface area contributed by atoms with Crippen molar-refractivity contribution in [3.8, 4) is 0 Å². The first kappa shape index (κ1) is 17.9. The molecule has 1 N–H and O–H groups in total. The minimum Gasteiger partial charge on any atom is -0.377 e. The van der Waals surface area contributed by atoms with Crippen molar-refractivity contribution in [1.82, 2.24) is 10.3 Å². The summed E-state index contributed by atoms with van der Waals surface area (Å²) in [6.07, 6.45) is 0.271. The number of nitrogens with zero attached hydrogens (tertiary/aromatic N) is 2. The van der Waals surface area contributed by atoms with Gasteiger partial charge in [-0.25, -0.2) is 4.98 Å². The Kier molecular flexibility index (Phi) is 7.12.